The van der Waals surface area contributed by atoms with Crippen LogP contribution < -0.4 is 10.2 Å². The third-order valence-corrected chi connectivity index (χ3v) is 4.97. The lowest BCUT2D eigenvalue weighted by atomic mass is 10.1. The molecule has 1 amide bonds. The molecule has 0 saturated carbocycles. The van der Waals surface area contributed by atoms with Crippen molar-refractivity contribution < 1.29 is 9.53 Å². The lowest BCUT2D eigenvalue weighted by molar-refractivity contribution is 0.102. The second kappa shape index (κ2) is 8.27. The van der Waals surface area contributed by atoms with Crippen LogP contribution in [0.5, 0.6) is 0 Å². The van der Waals surface area contributed by atoms with Crippen LogP contribution in [0.1, 0.15) is 21.5 Å². The molecule has 6 heteroatoms. The van der Waals surface area contributed by atoms with Crippen LogP contribution in [0, 0.1) is 6.92 Å². The van der Waals surface area contributed by atoms with Crippen molar-refractivity contribution in [2.45, 2.75) is 13.5 Å². The Morgan fingerprint density at radius 3 is 2.61 bits per heavy atom. The van der Waals surface area contributed by atoms with Gasteiger partial charge in [-0.3, -0.25) is 4.79 Å². The maximum atomic E-state index is 12.6. The van der Waals surface area contributed by atoms with Crippen molar-refractivity contribution in [3.8, 4) is 0 Å². The zero-order chi connectivity index (χ0) is 19.3. The fourth-order valence-corrected chi connectivity index (χ4v) is 3.35. The van der Waals surface area contributed by atoms with Gasteiger partial charge in [-0.05, 0) is 48.4 Å². The third-order valence-electron chi connectivity index (χ3n) is 4.97. The van der Waals surface area contributed by atoms with E-state index in [1.807, 2.05) is 48.0 Å². The minimum atomic E-state index is -0.101. The van der Waals surface area contributed by atoms with E-state index in [4.69, 9.17) is 4.74 Å². The van der Waals surface area contributed by atoms with Crippen molar-refractivity contribution in [2.75, 3.05) is 36.5 Å². The number of imidazole rings is 1. The molecule has 0 spiro atoms. The SMILES string of the molecule is Cc1cc(N2CCOCC2)ccc1NC(=O)c1ccc(Cn2ccnc2)cc1. The molecule has 1 aliphatic heterocycles. The molecule has 2 heterocycles. The van der Waals surface area contributed by atoms with E-state index < -0.39 is 0 Å². The summed E-state index contributed by atoms with van der Waals surface area (Å²) >= 11 is 0. The summed E-state index contributed by atoms with van der Waals surface area (Å²) in [6, 6.07) is 13.8. The Morgan fingerprint density at radius 1 is 1.14 bits per heavy atom. The van der Waals surface area contributed by atoms with Crippen LogP contribution in [0.25, 0.3) is 0 Å². The van der Waals surface area contributed by atoms with Gasteiger partial charge in [0.05, 0.1) is 19.5 Å². The number of carbonyl (C=O) groups is 1. The van der Waals surface area contributed by atoms with E-state index in [9.17, 15) is 4.79 Å². The number of carbonyl (C=O) groups excluding carboxylic acids is 1. The summed E-state index contributed by atoms with van der Waals surface area (Å²) in [6.07, 6.45) is 5.46. The highest BCUT2D eigenvalue weighted by Crippen LogP contribution is 2.24. The Kier molecular flexibility index (Phi) is 5.39. The molecule has 0 radical (unpaired) electrons. The Balaban J connectivity index is 1.41. The fourth-order valence-electron chi connectivity index (χ4n) is 3.35. The summed E-state index contributed by atoms with van der Waals surface area (Å²) < 4.78 is 7.41. The van der Waals surface area contributed by atoms with Gasteiger partial charge >= 0.3 is 0 Å². The van der Waals surface area contributed by atoms with E-state index >= 15 is 0 Å². The topological polar surface area (TPSA) is 59.4 Å². The van der Waals surface area contributed by atoms with Crippen molar-refractivity contribution in [3.63, 3.8) is 0 Å². The third kappa shape index (κ3) is 4.23. The van der Waals surface area contributed by atoms with Crippen LogP contribution in [-0.4, -0.2) is 41.8 Å². The van der Waals surface area contributed by atoms with Gasteiger partial charge in [0.2, 0.25) is 0 Å². The highest BCUT2D eigenvalue weighted by atomic mass is 16.5. The summed E-state index contributed by atoms with van der Waals surface area (Å²) in [5.74, 6) is -0.101. The van der Waals surface area contributed by atoms with E-state index in [2.05, 4.69) is 27.3 Å². The van der Waals surface area contributed by atoms with Crippen LogP contribution >= 0.6 is 0 Å². The number of nitrogens with one attached hydrogen (secondary N) is 1. The first-order chi connectivity index (χ1) is 13.7. The number of aryl methyl sites for hydroxylation is 1. The minimum absolute atomic E-state index is 0.101. The van der Waals surface area contributed by atoms with Gasteiger partial charge in [-0.25, -0.2) is 4.98 Å². The van der Waals surface area contributed by atoms with E-state index in [-0.39, 0.29) is 5.91 Å². The van der Waals surface area contributed by atoms with Crippen LogP contribution in [0.2, 0.25) is 0 Å². The van der Waals surface area contributed by atoms with E-state index in [0.29, 0.717) is 5.56 Å². The van der Waals surface area contributed by atoms with Crippen LogP contribution in [0.4, 0.5) is 11.4 Å². The van der Waals surface area contributed by atoms with Gasteiger partial charge in [0.25, 0.3) is 5.91 Å². The largest absolute Gasteiger partial charge is 0.378 e. The van der Waals surface area contributed by atoms with Crippen molar-refractivity contribution in [1.82, 2.24) is 9.55 Å². The predicted molar refractivity (Wildman–Crippen MR) is 110 cm³/mol. The molecule has 0 bridgehead atoms. The van der Waals surface area contributed by atoms with Gasteiger partial charge in [-0.15, -0.1) is 0 Å². The molecule has 1 fully saturated rings. The van der Waals surface area contributed by atoms with Crippen LogP contribution in [0.3, 0.4) is 0 Å². The molecule has 0 aliphatic carbocycles. The van der Waals surface area contributed by atoms with Gasteiger partial charge in [0, 0.05) is 49.0 Å². The standard InChI is InChI=1S/C22H24N4O2/c1-17-14-20(26-10-12-28-13-11-26)6-7-21(17)24-22(27)19-4-2-18(3-5-19)15-25-9-8-23-16-25/h2-9,14,16H,10-13,15H2,1H3,(H,24,27). The smallest absolute Gasteiger partial charge is 0.255 e. The van der Waals surface area contributed by atoms with Gasteiger partial charge in [0.1, 0.15) is 0 Å². The molecular weight excluding hydrogens is 352 g/mol. The average molecular weight is 376 g/mol. The van der Waals surface area contributed by atoms with Crippen molar-refractivity contribution in [2.24, 2.45) is 0 Å². The Hall–Kier alpha value is -3.12. The molecule has 144 valence electrons. The van der Waals surface area contributed by atoms with Gasteiger partial charge in [0.15, 0.2) is 0 Å². The van der Waals surface area contributed by atoms with Gasteiger partial charge in [-0.1, -0.05) is 12.1 Å². The second-order valence-electron chi connectivity index (χ2n) is 6.98. The van der Waals surface area contributed by atoms with E-state index in [1.54, 1.807) is 12.5 Å². The zero-order valence-electron chi connectivity index (χ0n) is 16.0. The van der Waals surface area contributed by atoms with Gasteiger partial charge in [-0.2, -0.15) is 0 Å². The molecule has 1 aromatic heterocycles. The number of rotatable bonds is 5. The number of hydrogen-bond donors (Lipinski definition) is 1. The number of nitrogens with zero attached hydrogens (tertiary/aromatic N) is 3. The number of ether oxygens (including phenoxy) is 1. The molecule has 1 N–H and O–H groups in total. The monoisotopic (exact) mass is 376 g/mol. The Morgan fingerprint density at radius 2 is 1.93 bits per heavy atom. The van der Waals surface area contributed by atoms with E-state index in [0.717, 1.165) is 49.7 Å². The molecule has 0 atom stereocenters. The molecule has 2 aromatic carbocycles. The second-order valence-corrected chi connectivity index (χ2v) is 6.98. The first-order valence-corrected chi connectivity index (χ1v) is 9.48. The average Bonchev–Trinajstić information content (AvgIpc) is 3.24. The number of anilines is 2. The fraction of sp³-hybridized carbons (Fsp3) is 0.273. The number of morpholine rings is 1. The summed E-state index contributed by atoms with van der Waals surface area (Å²) in [4.78, 5) is 19.0. The molecule has 4 rings (SSSR count). The summed E-state index contributed by atoms with van der Waals surface area (Å²) in [5.41, 5.74) is 4.83. The van der Waals surface area contributed by atoms with Gasteiger partial charge < -0.3 is 19.5 Å². The van der Waals surface area contributed by atoms with Crippen molar-refractivity contribution >= 4 is 17.3 Å². The molecule has 28 heavy (non-hydrogen) atoms. The molecule has 1 saturated heterocycles. The van der Waals surface area contributed by atoms with Crippen LogP contribution in [0.15, 0.2) is 61.2 Å². The number of aromatic nitrogens is 2. The summed E-state index contributed by atoms with van der Waals surface area (Å²) in [5, 5.41) is 3.02. The first-order valence-electron chi connectivity index (χ1n) is 9.48. The minimum Gasteiger partial charge on any atom is -0.378 e. The molecule has 3 aromatic rings. The van der Waals surface area contributed by atoms with Crippen LogP contribution in [-0.2, 0) is 11.3 Å². The molecule has 6 nitrogen and oxygen atoms in total. The first kappa shape index (κ1) is 18.3. The summed E-state index contributed by atoms with van der Waals surface area (Å²) in [6.45, 7) is 6.08. The highest BCUT2D eigenvalue weighted by molar-refractivity contribution is 6.04. The van der Waals surface area contributed by atoms with E-state index in [1.165, 1.54) is 5.69 Å². The van der Waals surface area contributed by atoms with Crippen molar-refractivity contribution in [3.05, 3.63) is 77.9 Å². The summed E-state index contributed by atoms with van der Waals surface area (Å²) in [7, 11) is 0. The number of hydrogen-bond acceptors (Lipinski definition) is 4. The lowest BCUT2D eigenvalue weighted by Crippen LogP contribution is -2.36. The number of benzene rings is 2. The molecule has 0 unspecified atom stereocenters. The predicted octanol–water partition coefficient (Wildman–Crippen LogP) is 3.33. The number of amides is 1. The maximum absolute atomic E-state index is 12.6. The highest BCUT2D eigenvalue weighted by Gasteiger charge is 2.13. The Bertz CT molecular complexity index is 930. The lowest BCUT2D eigenvalue weighted by Gasteiger charge is -2.29. The zero-order valence-corrected chi connectivity index (χ0v) is 16.0. The maximum Gasteiger partial charge on any atom is 0.255 e. The normalized spacial score (nSPS) is 14.1. The van der Waals surface area contributed by atoms with Crippen molar-refractivity contribution in [1.29, 1.82) is 0 Å². The molecular formula is C22H24N4O2. The Labute approximate surface area is 164 Å². The molecule has 1 aliphatic rings. The quantitative estimate of drug-likeness (QED) is 0.742.